The number of nitrogens with zero attached hydrogens (tertiary/aromatic N) is 1. The van der Waals surface area contributed by atoms with Gasteiger partial charge in [0.25, 0.3) is 0 Å². The minimum absolute atomic E-state index is 0.0804. The number of aryl methyl sites for hydroxylation is 2. The van der Waals surface area contributed by atoms with Crippen molar-refractivity contribution in [2.24, 2.45) is 5.41 Å². The smallest absolute Gasteiger partial charge is 0.323 e. The second kappa shape index (κ2) is 6.14. The van der Waals surface area contributed by atoms with Gasteiger partial charge in [0.05, 0.1) is 17.3 Å². The highest BCUT2D eigenvalue weighted by atomic mass is 32.1. The van der Waals surface area contributed by atoms with E-state index in [-0.39, 0.29) is 19.4 Å². The molecule has 0 fully saturated rings. The van der Waals surface area contributed by atoms with Crippen LogP contribution < -0.4 is 0 Å². The van der Waals surface area contributed by atoms with E-state index in [0.29, 0.717) is 5.01 Å². The lowest BCUT2D eigenvalue weighted by molar-refractivity contribution is -0.168. The van der Waals surface area contributed by atoms with Gasteiger partial charge in [0.15, 0.2) is 5.41 Å². The third-order valence-corrected chi connectivity index (χ3v) is 4.28. The van der Waals surface area contributed by atoms with Crippen LogP contribution in [0, 0.1) is 19.3 Å². The number of thiazole rings is 1. The Hall–Kier alpha value is -1.43. The molecule has 106 valence electrons. The number of carbonyl (C=O) groups is 2. The van der Waals surface area contributed by atoms with Gasteiger partial charge in [-0.05, 0) is 27.2 Å². The summed E-state index contributed by atoms with van der Waals surface area (Å²) in [5.41, 5.74) is -0.661. The summed E-state index contributed by atoms with van der Waals surface area (Å²) in [6, 6.07) is 0. The molecule has 1 aromatic heterocycles. The molecule has 5 nitrogen and oxygen atoms in total. The van der Waals surface area contributed by atoms with Gasteiger partial charge in [0, 0.05) is 11.3 Å². The number of esters is 1. The maximum Gasteiger partial charge on any atom is 0.323 e. The van der Waals surface area contributed by atoms with E-state index in [4.69, 9.17) is 4.74 Å². The Kier molecular flexibility index (Phi) is 5.05. The van der Waals surface area contributed by atoms with Crippen molar-refractivity contribution in [1.82, 2.24) is 4.98 Å². The Morgan fingerprint density at radius 1 is 1.37 bits per heavy atom. The molecule has 19 heavy (non-hydrogen) atoms. The molecular weight excluding hydrogens is 266 g/mol. The third kappa shape index (κ3) is 3.12. The summed E-state index contributed by atoms with van der Waals surface area (Å²) in [7, 11) is 0. The SMILES string of the molecule is CCOC(=O)C(CC)(Cc1nc(C)c(C)s1)C(=O)O. The maximum atomic E-state index is 12.0. The van der Waals surface area contributed by atoms with Crippen LogP contribution in [-0.2, 0) is 20.7 Å². The number of rotatable bonds is 6. The minimum Gasteiger partial charge on any atom is -0.480 e. The largest absolute Gasteiger partial charge is 0.480 e. The van der Waals surface area contributed by atoms with E-state index in [0.717, 1.165) is 10.6 Å². The summed E-state index contributed by atoms with van der Waals surface area (Å²) in [6.45, 7) is 7.31. The summed E-state index contributed by atoms with van der Waals surface area (Å²) in [5, 5.41) is 10.1. The fourth-order valence-electron chi connectivity index (χ4n) is 1.80. The lowest BCUT2D eigenvalue weighted by atomic mass is 9.82. The van der Waals surface area contributed by atoms with Crippen molar-refractivity contribution < 1.29 is 19.4 Å². The fourth-order valence-corrected chi connectivity index (χ4v) is 2.85. The van der Waals surface area contributed by atoms with E-state index in [9.17, 15) is 14.7 Å². The predicted octanol–water partition coefficient (Wildman–Crippen LogP) is 2.35. The van der Waals surface area contributed by atoms with Crippen LogP contribution >= 0.6 is 11.3 Å². The molecule has 0 aliphatic rings. The van der Waals surface area contributed by atoms with Gasteiger partial charge in [-0.1, -0.05) is 6.92 Å². The van der Waals surface area contributed by atoms with Gasteiger partial charge in [-0.15, -0.1) is 11.3 Å². The number of carbonyl (C=O) groups excluding carboxylic acids is 1. The standard InChI is InChI=1S/C13H19NO4S/c1-5-13(11(15)16,12(17)18-6-2)7-10-14-8(3)9(4)19-10/h5-7H2,1-4H3,(H,15,16). The molecule has 0 aromatic carbocycles. The molecule has 1 atom stereocenters. The van der Waals surface area contributed by atoms with Gasteiger partial charge in [-0.25, -0.2) is 4.98 Å². The first-order valence-electron chi connectivity index (χ1n) is 6.20. The molecule has 0 amide bonds. The van der Waals surface area contributed by atoms with Crippen molar-refractivity contribution in [2.45, 2.75) is 40.5 Å². The van der Waals surface area contributed by atoms with Crippen molar-refractivity contribution in [3.05, 3.63) is 15.6 Å². The van der Waals surface area contributed by atoms with Crippen molar-refractivity contribution in [3.63, 3.8) is 0 Å². The molecule has 0 saturated heterocycles. The van der Waals surface area contributed by atoms with Crippen LogP contribution in [0.25, 0.3) is 0 Å². The molecule has 0 aliphatic carbocycles. The van der Waals surface area contributed by atoms with E-state index < -0.39 is 17.4 Å². The van der Waals surface area contributed by atoms with Crippen LogP contribution in [0.5, 0.6) is 0 Å². The van der Waals surface area contributed by atoms with Crippen LogP contribution in [0.15, 0.2) is 0 Å². The highest BCUT2D eigenvalue weighted by molar-refractivity contribution is 7.11. The molecule has 1 unspecified atom stereocenters. The minimum atomic E-state index is -1.53. The fraction of sp³-hybridized carbons (Fsp3) is 0.615. The van der Waals surface area contributed by atoms with E-state index in [1.54, 1.807) is 13.8 Å². The van der Waals surface area contributed by atoms with Gasteiger partial charge < -0.3 is 9.84 Å². The summed E-state index contributed by atoms with van der Waals surface area (Å²) in [4.78, 5) is 28.9. The van der Waals surface area contributed by atoms with Gasteiger partial charge in [0.2, 0.25) is 0 Å². The Morgan fingerprint density at radius 3 is 2.37 bits per heavy atom. The predicted molar refractivity (Wildman–Crippen MR) is 72.3 cm³/mol. The molecule has 0 aliphatic heterocycles. The van der Waals surface area contributed by atoms with Crippen LogP contribution in [0.2, 0.25) is 0 Å². The zero-order chi connectivity index (χ0) is 14.6. The van der Waals surface area contributed by atoms with Gasteiger partial charge >= 0.3 is 11.9 Å². The van der Waals surface area contributed by atoms with Gasteiger partial charge in [0.1, 0.15) is 0 Å². The highest BCUT2D eigenvalue weighted by Gasteiger charge is 2.47. The number of ether oxygens (including phenoxy) is 1. The van der Waals surface area contributed by atoms with E-state index in [1.807, 2.05) is 13.8 Å². The molecule has 0 radical (unpaired) electrons. The lowest BCUT2D eigenvalue weighted by Crippen LogP contribution is -2.42. The Labute approximate surface area is 116 Å². The second-order valence-corrected chi connectivity index (χ2v) is 5.68. The van der Waals surface area contributed by atoms with E-state index in [2.05, 4.69) is 4.98 Å². The maximum absolute atomic E-state index is 12.0. The summed E-state index contributed by atoms with van der Waals surface area (Å²) >= 11 is 1.43. The number of hydrogen-bond donors (Lipinski definition) is 1. The van der Waals surface area contributed by atoms with Crippen LogP contribution in [0.3, 0.4) is 0 Å². The second-order valence-electron chi connectivity index (χ2n) is 4.39. The average molecular weight is 285 g/mol. The number of carboxylic acid groups (broad SMARTS) is 1. The molecule has 1 heterocycles. The number of aromatic nitrogens is 1. The first kappa shape index (κ1) is 15.6. The monoisotopic (exact) mass is 285 g/mol. The molecule has 0 bridgehead atoms. The summed E-state index contributed by atoms with van der Waals surface area (Å²) < 4.78 is 4.93. The Balaban J connectivity index is 3.10. The van der Waals surface area contributed by atoms with Crippen LogP contribution in [0.1, 0.15) is 35.8 Å². The van der Waals surface area contributed by atoms with Gasteiger partial charge in [-0.3, -0.25) is 9.59 Å². The summed E-state index contributed by atoms with van der Waals surface area (Å²) in [6.07, 6.45) is 0.260. The van der Waals surface area contributed by atoms with Crippen molar-refractivity contribution in [1.29, 1.82) is 0 Å². The first-order chi connectivity index (χ1) is 8.87. The quantitative estimate of drug-likeness (QED) is 0.641. The Bertz CT molecular complexity index is 463. The van der Waals surface area contributed by atoms with Crippen molar-refractivity contribution in [3.8, 4) is 0 Å². The average Bonchev–Trinajstić information content (AvgIpc) is 2.65. The number of hydrogen-bond acceptors (Lipinski definition) is 5. The number of carboxylic acids is 1. The van der Waals surface area contributed by atoms with Crippen molar-refractivity contribution in [2.75, 3.05) is 6.61 Å². The normalized spacial score (nSPS) is 13.9. The van der Waals surface area contributed by atoms with Crippen LogP contribution in [0.4, 0.5) is 0 Å². The van der Waals surface area contributed by atoms with Gasteiger partial charge in [-0.2, -0.15) is 0 Å². The molecule has 1 N–H and O–H groups in total. The molecule has 0 spiro atoms. The van der Waals surface area contributed by atoms with Crippen LogP contribution in [-0.4, -0.2) is 28.6 Å². The van der Waals surface area contributed by atoms with E-state index >= 15 is 0 Å². The molecule has 6 heteroatoms. The van der Waals surface area contributed by atoms with E-state index in [1.165, 1.54) is 11.3 Å². The molecular formula is C13H19NO4S. The zero-order valence-corrected chi connectivity index (χ0v) is 12.5. The Morgan fingerprint density at radius 2 is 2.00 bits per heavy atom. The zero-order valence-electron chi connectivity index (χ0n) is 11.6. The number of aliphatic carboxylic acids is 1. The lowest BCUT2D eigenvalue weighted by Gasteiger charge is -2.24. The highest BCUT2D eigenvalue weighted by Crippen LogP contribution is 2.32. The molecule has 0 saturated carbocycles. The topological polar surface area (TPSA) is 76.5 Å². The third-order valence-electron chi connectivity index (χ3n) is 3.20. The molecule has 1 aromatic rings. The molecule has 1 rings (SSSR count). The first-order valence-corrected chi connectivity index (χ1v) is 7.02. The van der Waals surface area contributed by atoms with Crippen molar-refractivity contribution >= 4 is 23.3 Å². The summed E-state index contributed by atoms with van der Waals surface area (Å²) in [5.74, 6) is -1.84.